The van der Waals surface area contributed by atoms with Gasteiger partial charge in [-0.25, -0.2) is 14.1 Å². The molecule has 1 aliphatic carbocycles. The van der Waals surface area contributed by atoms with Gasteiger partial charge in [0.2, 0.25) is 0 Å². The van der Waals surface area contributed by atoms with Crippen LogP contribution in [0.3, 0.4) is 0 Å². The molecule has 7 nitrogen and oxygen atoms in total. The van der Waals surface area contributed by atoms with Crippen LogP contribution in [-0.4, -0.2) is 77.4 Å². The molecule has 0 spiro atoms. The van der Waals surface area contributed by atoms with Crippen molar-refractivity contribution in [3.05, 3.63) is 63.1 Å². The van der Waals surface area contributed by atoms with Crippen LogP contribution in [0, 0.1) is 0 Å². The van der Waals surface area contributed by atoms with Crippen molar-refractivity contribution in [1.29, 1.82) is 0 Å². The van der Waals surface area contributed by atoms with Crippen LogP contribution in [0.2, 0.25) is 15.2 Å². The van der Waals surface area contributed by atoms with Crippen molar-refractivity contribution in [3.8, 4) is 16.8 Å². The Morgan fingerprint density at radius 2 is 1.58 bits per heavy atom. The van der Waals surface area contributed by atoms with E-state index >= 15 is 0 Å². The van der Waals surface area contributed by atoms with E-state index in [-0.39, 0.29) is 47.1 Å². The van der Waals surface area contributed by atoms with Gasteiger partial charge in [0.15, 0.2) is 0 Å². The number of methoxy groups -OCH3 is 1. The highest BCUT2D eigenvalue weighted by molar-refractivity contribution is 6.38. The first-order valence-electron chi connectivity index (χ1n) is 12.5. The highest BCUT2D eigenvalue weighted by Crippen LogP contribution is 2.54. The number of alkyl halides is 7. The van der Waals surface area contributed by atoms with Crippen molar-refractivity contribution in [2.45, 2.75) is 36.9 Å². The molecule has 2 heterocycles. The summed E-state index contributed by atoms with van der Waals surface area (Å²) in [4.78, 5) is 19.1. The zero-order valence-corrected chi connectivity index (χ0v) is 24.3. The fourth-order valence-corrected chi connectivity index (χ4v) is 5.06. The smallest absolute Gasteiger partial charge is 0.382 e. The summed E-state index contributed by atoms with van der Waals surface area (Å²) in [5.41, 5.74) is -7.10. The van der Waals surface area contributed by atoms with Gasteiger partial charge in [-0.2, -0.15) is 31.4 Å². The monoisotopic (exact) mass is 676 g/mol. The van der Waals surface area contributed by atoms with Crippen molar-refractivity contribution in [1.82, 2.24) is 19.7 Å². The summed E-state index contributed by atoms with van der Waals surface area (Å²) in [6.07, 6.45) is -7.15. The van der Waals surface area contributed by atoms with Gasteiger partial charge in [-0.1, -0.05) is 34.8 Å². The normalized spacial score (nSPS) is 14.3. The molecule has 234 valence electrons. The van der Waals surface area contributed by atoms with Crippen LogP contribution in [0.15, 0.2) is 36.8 Å². The summed E-state index contributed by atoms with van der Waals surface area (Å²) >= 11 is 18.3. The van der Waals surface area contributed by atoms with E-state index in [1.807, 2.05) is 0 Å². The first-order valence-corrected chi connectivity index (χ1v) is 13.6. The van der Waals surface area contributed by atoms with Crippen LogP contribution in [0.4, 0.5) is 30.7 Å². The second-order valence-corrected chi connectivity index (χ2v) is 10.7. The molecule has 2 aromatic heterocycles. The molecule has 1 aromatic carbocycles. The maximum Gasteiger partial charge on any atom is 0.435 e. The number of halogens is 10. The molecule has 0 saturated heterocycles. The Hall–Kier alpha value is -2.65. The van der Waals surface area contributed by atoms with Crippen molar-refractivity contribution >= 4 is 40.7 Å². The van der Waals surface area contributed by atoms with Crippen molar-refractivity contribution in [2.24, 2.45) is 0 Å². The third-order valence-electron chi connectivity index (χ3n) is 6.57. The highest BCUT2D eigenvalue weighted by Gasteiger charge is 2.73. The Labute approximate surface area is 255 Å². The zero-order valence-electron chi connectivity index (χ0n) is 22.1. The van der Waals surface area contributed by atoms with Crippen LogP contribution in [0.1, 0.15) is 28.8 Å². The summed E-state index contributed by atoms with van der Waals surface area (Å²) in [6.45, 7) is 1.35. The van der Waals surface area contributed by atoms with Gasteiger partial charge < -0.3 is 14.4 Å². The maximum atomic E-state index is 14.6. The molecule has 0 aliphatic heterocycles. The summed E-state index contributed by atoms with van der Waals surface area (Å²) in [6, 6.07) is 1.87. The molecular weight excluding hydrogens is 656 g/mol. The van der Waals surface area contributed by atoms with Crippen LogP contribution in [0.25, 0.3) is 16.8 Å². The molecule has 17 heteroatoms. The van der Waals surface area contributed by atoms with E-state index in [9.17, 15) is 35.5 Å². The predicted molar refractivity (Wildman–Crippen MR) is 143 cm³/mol. The number of nitrogens with zero attached hydrogens (tertiary/aromatic N) is 4. The standard InChI is InChI=1S/C26H22Cl3F7N4O3/c1-42-6-7-43-5-4-39(17-2-3-17)23(41)18-8-14(11-37-22(18)29)15-12-38-40(13-15)21-19(27)9-16(10-20(21)28)24(30,25(31,32)33)26(34,35)36/h8-13,17H,2-7H2,1H3. The molecule has 1 amide bonds. The lowest BCUT2D eigenvalue weighted by atomic mass is 9.94. The minimum atomic E-state index is -6.35. The van der Waals surface area contributed by atoms with Gasteiger partial charge in [-0.05, 0) is 31.0 Å². The van der Waals surface area contributed by atoms with Gasteiger partial charge in [0.1, 0.15) is 10.8 Å². The van der Waals surface area contributed by atoms with E-state index in [2.05, 4.69) is 10.1 Å². The van der Waals surface area contributed by atoms with E-state index in [0.29, 0.717) is 30.9 Å². The molecule has 1 aliphatic rings. The molecule has 0 unspecified atom stereocenters. The van der Waals surface area contributed by atoms with Crippen LogP contribution >= 0.6 is 34.8 Å². The number of ether oxygens (including phenoxy) is 2. The van der Waals surface area contributed by atoms with Crippen molar-refractivity contribution in [3.63, 3.8) is 0 Å². The molecule has 0 atom stereocenters. The number of hydrogen-bond donors (Lipinski definition) is 0. The molecule has 0 N–H and O–H groups in total. The van der Waals surface area contributed by atoms with Gasteiger partial charge in [0, 0.05) is 48.8 Å². The third kappa shape index (κ3) is 6.88. The Morgan fingerprint density at radius 3 is 2.14 bits per heavy atom. The average Bonchev–Trinajstić information content (AvgIpc) is 3.64. The number of pyridine rings is 1. The number of benzene rings is 1. The summed E-state index contributed by atoms with van der Waals surface area (Å²) < 4.78 is 105. The van der Waals surface area contributed by atoms with E-state index in [0.717, 1.165) is 17.5 Å². The highest BCUT2D eigenvalue weighted by atomic mass is 35.5. The number of amides is 1. The molecule has 1 saturated carbocycles. The molecule has 0 radical (unpaired) electrons. The Kier molecular flexibility index (Phi) is 9.86. The lowest BCUT2D eigenvalue weighted by molar-refractivity contribution is -0.348. The topological polar surface area (TPSA) is 69.5 Å². The number of aromatic nitrogens is 3. The van der Waals surface area contributed by atoms with E-state index in [4.69, 9.17) is 44.3 Å². The number of hydrogen-bond acceptors (Lipinski definition) is 5. The number of carbonyl (C=O) groups is 1. The van der Waals surface area contributed by atoms with Crippen LogP contribution < -0.4 is 0 Å². The predicted octanol–water partition coefficient (Wildman–Crippen LogP) is 7.45. The lowest BCUT2D eigenvalue weighted by Gasteiger charge is -2.30. The van der Waals surface area contributed by atoms with E-state index in [1.165, 1.54) is 24.7 Å². The van der Waals surface area contributed by atoms with Gasteiger partial charge in [0.05, 0.1) is 41.6 Å². The van der Waals surface area contributed by atoms with Gasteiger partial charge in [0.25, 0.3) is 5.91 Å². The van der Waals surface area contributed by atoms with Crippen LogP contribution in [-0.2, 0) is 15.1 Å². The fraction of sp³-hybridized carbons (Fsp3) is 0.423. The molecule has 0 bridgehead atoms. The minimum Gasteiger partial charge on any atom is -0.382 e. The second-order valence-electron chi connectivity index (χ2n) is 9.51. The molecular formula is C26H22Cl3F7N4O3. The SMILES string of the molecule is COCCOCCN(C(=O)c1cc(-c2cnn(-c3c(Cl)cc(C(F)(C(F)(F)F)C(F)(F)F)cc3Cl)c2)cnc1Cl)C1CC1. The molecule has 4 rings (SSSR count). The number of rotatable bonds is 11. The fourth-order valence-electron chi connectivity index (χ4n) is 4.22. The number of carbonyl (C=O) groups excluding carboxylic acids is 1. The molecule has 43 heavy (non-hydrogen) atoms. The lowest BCUT2D eigenvalue weighted by Crippen LogP contribution is -2.50. The minimum absolute atomic E-state index is 0.0194. The zero-order chi connectivity index (χ0) is 31.7. The first kappa shape index (κ1) is 33.2. The van der Waals surface area contributed by atoms with Gasteiger partial charge >= 0.3 is 18.0 Å². The van der Waals surface area contributed by atoms with E-state index in [1.54, 1.807) is 12.0 Å². The Morgan fingerprint density at radius 1 is 0.953 bits per heavy atom. The first-order chi connectivity index (χ1) is 20.1. The largest absolute Gasteiger partial charge is 0.435 e. The second kappa shape index (κ2) is 12.8. The Bertz CT molecular complexity index is 1440. The van der Waals surface area contributed by atoms with Gasteiger partial charge in [-0.15, -0.1) is 0 Å². The van der Waals surface area contributed by atoms with Crippen molar-refractivity contribution in [2.75, 3.05) is 33.5 Å². The van der Waals surface area contributed by atoms with Crippen LogP contribution in [0.5, 0.6) is 0 Å². The molecule has 3 aromatic rings. The molecule has 1 fully saturated rings. The quantitative estimate of drug-likeness (QED) is 0.120. The Balaban J connectivity index is 1.62. The summed E-state index contributed by atoms with van der Waals surface area (Å²) in [5, 5.41) is 2.52. The van der Waals surface area contributed by atoms with E-state index < -0.39 is 33.6 Å². The summed E-state index contributed by atoms with van der Waals surface area (Å²) in [7, 11) is 1.54. The average molecular weight is 678 g/mol. The van der Waals surface area contributed by atoms with Crippen molar-refractivity contribution < 1.29 is 45.0 Å². The third-order valence-corrected chi connectivity index (χ3v) is 7.44. The summed E-state index contributed by atoms with van der Waals surface area (Å²) in [5.74, 6) is -0.379. The van der Waals surface area contributed by atoms with Gasteiger partial charge in [-0.3, -0.25) is 4.79 Å². The maximum absolute atomic E-state index is 14.6.